The summed E-state index contributed by atoms with van der Waals surface area (Å²) in [4.78, 5) is 24.6. The van der Waals surface area contributed by atoms with Crippen molar-refractivity contribution in [3.05, 3.63) is 71.3 Å². The number of aromatic nitrogens is 3. The third kappa shape index (κ3) is 6.39. The van der Waals surface area contributed by atoms with Gasteiger partial charge in [0.25, 0.3) is 5.91 Å². The first-order valence-electron chi connectivity index (χ1n) is 9.58. The molecular weight excluding hydrogens is 492 g/mol. The summed E-state index contributed by atoms with van der Waals surface area (Å²) in [6, 6.07) is 1.93. The van der Waals surface area contributed by atoms with E-state index in [2.05, 4.69) is 25.0 Å². The van der Waals surface area contributed by atoms with Crippen molar-refractivity contribution in [1.29, 1.82) is 0 Å². The Labute approximate surface area is 192 Å². The van der Waals surface area contributed by atoms with Gasteiger partial charge >= 0.3 is 19.0 Å². The molecule has 0 radical (unpaired) electrons. The maximum absolute atomic E-state index is 13.1. The molecule has 0 aliphatic rings. The fourth-order valence-corrected chi connectivity index (χ4v) is 2.99. The van der Waals surface area contributed by atoms with Crippen molar-refractivity contribution < 1.29 is 44.7 Å². The SMILES string of the molecule is C[C@H](NC(=O)c1cc(C(F)(F)F)cc(C(F)(F)F)c1)c1nccnc1-c1ccc(OC(F)F)cn1. The van der Waals surface area contributed by atoms with Crippen LogP contribution in [0.15, 0.2) is 48.9 Å². The first-order chi connectivity index (χ1) is 16.3. The van der Waals surface area contributed by atoms with Crippen LogP contribution in [0.3, 0.4) is 0 Å². The second kappa shape index (κ2) is 9.80. The zero-order valence-corrected chi connectivity index (χ0v) is 17.5. The van der Waals surface area contributed by atoms with Crippen molar-refractivity contribution in [3.8, 4) is 17.1 Å². The van der Waals surface area contributed by atoms with Crippen LogP contribution < -0.4 is 10.1 Å². The molecule has 1 N–H and O–H groups in total. The Balaban J connectivity index is 1.90. The Morgan fingerprint density at radius 1 is 0.914 bits per heavy atom. The first kappa shape index (κ1) is 25.8. The first-order valence-corrected chi connectivity index (χ1v) is 9.58. The number of benzene rings is 1. The van der Waals surface area contributed by atoms with Gasteiger partial charge in [0.2, 0.25) is 0 Å². The summed E-state index contributed by atoms with van der Waals surface area (Å²) in [6.07, 6.45) is -6.75. The molecule has 1 atom stereocenters. The van der Waals surface area contributed by atoms with E-state index in [1.54, 1.807) is 0 Å². The highest BCUT2D eigenvalue weighted by Gasteiger charge is 2.37. The summed E-state index contributed by atoms with van der Waals surface area (Å²) < 4.78 is 107. The summed E-state index contributed by atoms with van der Waals surface area (Å²) in [6.45, 7) is -1.70. The molecule has 2 aromatic heterocycles. The lowest BCUT2D eigenvalue weighted by Crippen LogP contribution is -2.28. The number of ether oxygens (including phenoxy) is 1. The summed E-state index contributed by atoms with van der Waals surface area (Å²) in [5.74, 6) is -1.46. The number of nitrogens with one attached hydrogen (secondary N) is 1. The van der Waals surface area contributed by atoms with Gasteiger partial charge in [-0.1, -0.05) is 0 Å². The predicted molar refractivity (Wildman–Crippen MR) is 104 cm³/mol. The highest BCUT2D eigenvalue weighted by atomic mass is 19.4. The topological polar surface area (TPSA) is 77.0 Å². The van der Waals surface area contributed by atoms with Gasteiger partial charge < -0.3 is 10.1 Å². The molecule has 0 unspecified atom stereocenters. The largest absolute Gasteiger partial charge is 0.433 e. The van der Waals surface area contributed by atoms with Crippen molar-refractivity contribution in [2.24, 2.45) is 0 Å². The Hall–Kier alpha value is -3.84. The average molecular weight is 506 g/mol. The number of carbonyl (C=O) groups excluding carboxylic acids is 1. The van der Waals surface area contributed by atoms with Crippen LogP contribution in [0, 0.1) is 0 Å². The Bertz CT molecular complexity index is 1160. The predicted octanol–water partition coefficient (Wildman–Crippen LogP) is 5.67. The second-order valence-corrected chi connectivity index (χ2v) is 7.04. The number of hydrogen-bond acceptors (Lipinski definition) is 5. The minimum absolute atomic E-state index is 0.0684. The minimum Gasteiger partial charge on any atom is -0.433 e. The van der Waals surface area contributed by atoms with Crippen molar-refractivity contribution in [3.63, 3.8) is 0 Å². The summed E-state index contributed by atoms with van der Waals surface area (Å²) in [5.41, 5.74) is -3.85. The van der Waals surface area contributed by atoms with Gasteiger partial charge in [-0.05, 0) is 37.3 Å². The van der Waals surface area contributed by atoms with Crippen LogP contribution in [0.25, 0.3) is 11.4 Å². The number of halogens is 8. The van der Waals surface area contributed by atoms with E-state index in [0.717, 1.165) is 6.20 Å². The number of amides is 1. The molecule has 0 spiro atoms. The van der Waals surface area contributed by atoms with E-state index in [1.165, 1.54) is 31.5 Å². The molecule has 0 fully saturated rings. The molecule has 0 aliphatic carbocycles. The normalized spacial score (nSPS) is 13.0. The number of carbonyl (C=O) groups is 1. The van der Waals surface area contributed by atoms with Crippen molar-refractivity contribution in [2.75, 3.05) is 0 Å². The molecule has 0 saturated heterocycles. The van der Waals surface area contributed by atoms with Crippen LogP contribution in [0.4, 0.5) is 35.1 Å². The highest BCUT2D eigenvalue weighted by Crippen LogP contribution is 2.36. The van der Waals surface area contributed by atoms with Crippen LogP contribution in [0.2, 0.25) is 0 Å². The van der Waals surface area contributed by atoms with E-state index >= 15 is 0 Å². The summed E-state index contributed by atoms with van der Waals surface area (Å²) in [5, 5.41) is 2.29. The van der Waals surface area contributed by atoms with Gasteiger partial charge in [-0.3, -0.25) is 19.7 Å². The van der Waals surface area contributed by atoms with E-state index in [4.69, 9.17) is 0 Å². The van der Waals surface area contributed by atoms with Gasteiger partial charge in [0.15, 0.2) is 0 Å². The van der Waals surface area contributed by atoms with Crippen molar-refractivity contribution in [1.82, 2.24) is 20.3 Å². The lowest BCUT2D eigenvalue weighted by molar-refractivity contribution is -0.143. The molecule has 0 saturated carbocycles. The molecule has 0 bridgehead atoms. The smallest absolute Gasteiger partial charge is 0.416 e. The number of alkyl halides is 8. The Kier molecular flexibility index (Phi) is 7.22. The van der Waals surface area contributed by atoms with Gasteiger partial charge in [0.1, 0.15) is 11.4 Å². The zero-order chi connectivity index (χ0) is 26.0. The molecule has 3 aromatic rings. The van der Waals surface area contributed by atoms with Gasteiger partial charge in [-0.25, -0.2) is 0 Å². The molecule has 3 rings (SSSR count). The number of nitrogens with zero attached hydrogens (tertiary/aromatic N) is 3. The van der Waals surface area contributed by atoms with Crippen LogP contribution in [-0.2, 0) is 12.4 Å². The van der Waals surface area contributed by atoms with Crippen LogP contribution in [0.1, 0.15) is 40.1 Å². The van der Waals surface area contributed by atoms with Gasteiger partial charge in [-0.2, -0.15) is 35.1 Å². The lowest BCUT2D eigenvalue weighted by Gasteiger charge is -2.18. The molecule has 6 nitrogen and oxygen atoms in total. The van der Waals surface area contributed by atoms with Crippen LogP contribution in [-0.4, -0.2) is 27.5 Å². The van der Waals surface area contributed by atoms with Gasteiger partial charge in [0.05, 0.1) is 34.8 Å². The molecule has 2 heterocycles. The quantitative estimate of drug-likeness (QED) is 0.436. The fraction of sp³-hybridized carbons (Fsp3) is 0.238. The third-order valence-corrected chi connectivity index (χ3v) is 4.54. The van der Waals surface area contributed by atoms with E-state index in [-0.39, 0.29) is 28.9 Å². The average Bonchev–Trinajstić information content (AvgIpc) is 2.77. The maximum Gasteiger partial charge on any atom is 0.416 e. The van der Waals surface area contributed by atoms with Crippen LogP contribution in [0.5, 0.6) is 5.75 Å². The zero-order valence-electron chi connectivity index (χ0n) is 17.5. The van der Waals surface area contributed by atoms with E-state index in [9.17, 15) is 39.9 Å². The molecule has 35 heavy (non-hydrogen) atoms. The standard InChI is InChI=1S/C21H14F8N4O2/c1-10(16-17(31-5-4-30-16)15-3-2-14(9-32-15)35-19(22)23)33-18(34)11-6-12(20(24,25)26)8-13(7-11)21(27,28)29/h2-10,19H,1H3,(H,33,34)/t10-/m0/s1. The van der Waals surface area contributed by atoms with E-state index < -0.39 is 47.6 Å². The van der Waals surface area contributed by atoms with E-state index in [0.29, 0.717) is 12.1 Å². The Morgan fingerprint density at radius 2 is 1.51 bits per heavy atom. The lowest BCUT2D eigenvalue weighted by atomic mass is 10.0. The molecule has 0 aliphatic heterocycles. The van der Waals surface area contributed by atoms with Gasteiger partial charge in [-0.15, -0.1) is 0 Å². The number of pyridine rings is 1. The second-order valence-electron chi connectivity index (χ2n) is 7.04. The fourth-order valence-electron chi connectivity index (χ4n) is 2.99. The molecular formula is C21H14F8N4O2. The number of rotatable bonds is 6. The van der Waals surface area contributed by atoms with Gasteiger partial charge in [0, 0.05) is 18.0 Å². The summed E-state index contributed by atoms with van der Waals surface area (Å²) in [7, 11) is 0. The monoisotopic (exact) mass is 506 g/mol. The molecule has 14 heteroatoms. The summed E-state index contributed by atoms with van der Waals surface area (Å²) >= 11 is 0. The van der Waals surface area contributed by atoms with Crippen LogP contribution >= 0.6 is 0 Å². The maximum atomic E-state index is 13.1. The third-order valence-electron chi connectivity index (χ3n) is 4.54. The van der Waals surface area contributed by atoms with E-state index in [1.807, 2.05) is 0 Å². The Morgan fingerprint density at radius 3 is 2.03 bits per heavy atom. The highest BCUT2D eigenvalue weighted by molar-refractivity contribution is 5.95. The number of hydrogen-bond donors (Lipinski definition) is 1. The van der Waals surface area contributed by atoms with Crippen molar-refractivity contribution in [2.45, 2.75) is 31.9 Å². The molecule has 1 aromatic carbocycles. The minimum atomic E-state index is -5.12. The molecule has 186 valence electrons. The molecule has 1 amide bonds. The van der Waals surface area contributed by atoms with Crippen molar-refractivity contribution >= 4 is 5.91 Å².